The van der Waals surface area contributed by atoms with Gasteiger partial charge in [0.15, 0.2) is 0 Å². The van der Waals surface area contributed by atoms with E-state index in [1.54, 1.807) is 0 Å². The summed E-state index contributed by atoms with van der Waals surface area (Å²) in [5.41, 5.74) is 1.03. The zero-order valence-electron chi connectivity index (χ0n) is 8.69. The molecule has 0 N–H and O–H groups in total. The molecule has 2 fully saturated rings. The van der Waals surface area contributed by atoms with E-state index in [2.05, 4.69) is 25.7 Å². The third kappa shape index (κ3) is 1.10. The van der Waals surface area contributed by atoms with Crippen LogP contribution in [0.25, 0.3) is 0 Å². The summed E-state index contributed by atoms with van der Waals surface area (Å²) in [5, 5.41) is 0. The van der Waals surface area contributed by atoms with Crippen LogP contribution in [0.5, 0.6) is 0 Å². The molecule has 2 rings (SSSR count). The molecule has 0 bridgehead atoms. The molecule has 1 atom stereocenters. The number of hydrogen-bond acceptors (Lipinski definition) is 1. The second-order valence-electron chi connectivity index (χ2n) is 5.42. The Morgan fingerprint density at radius 2 is 1.58 bits per heavy atom. The van der Waals surface area contributed by atoms with Gasteiger partial charge < -0.3 is 0 Å². The van der Waals surface area contributed by atoms with Crippen molar-refractivity contribution in [2.45, 2.75) is 64.0 Å². The maximum Gasteiger partial charge on any atom is 0.0187 e. The predicted molar refractivity (Wildman–Crippen MR) is 52.3 cm³/mol. The van der Waals surface area contributed by atoms with E-state index in [-0.39, 0.29) is 0 Å². The molecule has 0 unspecified atom stereocenters. The van der Waals surface area contributed by atoms with Crippen LogP contribution in [0.2, 0.25) is 0 Å². The van der Waals surface area contributed by atoms with E-state index in [1.165, 1.54) is 38.6 Å². The molecule has 0 aliphatic carbocycles. The average molecular weight is 167 g/mol. The number of piperidine rings is 1. The summed E-state index contributed by atoms with van der Waals surface area (Å²) >= 11 is 0. The van der Waals surface area contributed by atoms with E-state index in [0.717, 1.165) is 0 Å². The Hall–Kier alpha value is -0.0400. The fraction of sp³-hybridized carbons (Fsp3) is 1.00. The molecule has 2 aliphatic heterocycles. The van der Waals surface area contributed by atoms with Gasteiger partial charge >= 0.3 is 0 Å². The van der Waals surface area contributed by atoms with Crippen LogP contribution in [0.3, 0.4) is 0 Å². The Kier molecular flexibility index (Phi) is 1.76. The topological polar surface area (TPSA) is 3.24 Å². The molecule has 0 aromatic heterocycles. The van der Waals surface area contributed by atoms with Crippen molar-refractivity contribution in [3.05, 3.63) is 0 Å². The highest BCUT2D eigenvalue weighted by Crippen LogP contribution is 2.44. The van der Waals surface area contributed by atoms with Gasteiger partial charge in [-0.3, -0.25) is 4.90 Å². The van der Waals surface area contributed by atoms with Crippen molar-refractivity contribution in [1.29, 1.82) is 0 Å². The van der Waals surface area contributed by atoms with Crippen LogP contribution in [-0.2, 0) is 0 Å². The summed E-state index contributed by atoms with van der Waals surface area (Å²) in [6.45, 7) is 8.62. The van der Waals surface area contributed by atoms with Gasteiger partial charge in [0.2, 0.25) is 0 Å². The van der Waals surface area contributed by atoms with E-state index >= 15 is 0 Å². The molecule has 2 saturated heterocycles. The average Bonchev–Trinajstić information content (AvgIpc) is 2.31. The molecule has 0 aromatic rings. The zero-order valence-corrected chi connectivity index (χ0v) is 8.69. The van der Waals surface area contributed by atoms with Crippen LogP contribution in [-0.4, -0.2) is 22.5 Å². The molecule has 2 aliphatic rings. The van der Waals surface area contributed by atoms with Crippen LogP contribution < -0.4 is 0 Å². The lowest BCUT2D eigenvalue weighted by Crippen LogP contribution is -2.56. The van der Waals surface area contributed by atoms with Crippen molar-refractivity contribution in [2.24, 2.45) is 0 Å². The highest BCUT2D eigenvalue weighted by Gasteiger charge is 2.46. The summed E-state index contributed by atoms with van der Waals surface area (Å²) in [4.78, 5) is 2.75. The minimum absolute atomic E-state index is 0.476. The maximum atomic E-state index is 2.75. The van der Waals surface area contributed by atoms with Crippen molar-refractivity contribution < 1.29 is 0 Å². The Labute approximate surface area is 76.1 Å². The van der Waals surface area contributed by atoms with Crippen LogP contribution in [0.1, 0.15) is 52.9 Å². The van der Waals surface area contributed by atoms with Gasteiger partial charge in [-0.1, -0.05) is 0 Å². The molecule has 0 aromatic carbocycles. The van der Waals surface area contributed by atoms with Crippen molar-refractivity contribution >= 4 is 0 Å². The Bertz CT molecular complexity index is 185. The lowest BCUT2D eigenvalue weighted by molar-refractivity contribution is -0.00290. The molecular weight excluding hydrogens is 146 g/mol. The zero-order chi connectivity index (χ0) is 8.82. The second-order valence-corrected chi connectivity index (χ2v) is 5.42. The van der Waals surface area contributed by atoms with Crippen molar-refractivity contribution in [1.82, 2.24) is 4.90 Å². The van der Waals surface area contributed by atoms with E-state index in [0.29, 0.717) is 11.1 Å². The van der Waals surface area contributed by atoms with E-state index in [9.17, 15) is 0 Å². The molecule has 12 heavy (non-hydrogen) atoms. The Morgan fingerprint density at radius 3 is 2.25 bits per heavy atom. The second kappa shape index (κ2) is 2.47. The highest BCUT2D eigenvalue weighted by atomic mass is 15.3. The van der Waals surface area contributed by atoms with Gasteiger partial charge in [0, 0.05) is 11.1 Å². The summed E-state index contributed by atoms with van der Waals surface area (Å²) < 4.78 is 0. The number of fused-ring (bicyclic) bond motifs is 1. The summed E-state index contributed by atoms with van der Waals surface area (Å²) in [6, 6.07) is 0. The fourth-order valence-corrected chi connectivity index (χ4v) is 3.35. The number of rotatable bonds is 0. The molecule has 0 amide bonds. The summed E-state index contributed by atoms with van der Waals surface area (Å²) in [7, 11) is 0. The van der Waals surface area contributed by atoms with E-state index in [4.69, 9.17) is 0 Å². The lowest BCUT2D eigenvalue weighted by Gasteiger charge is -2.50. The van der Waals surface area contributed by atoms with Gasteiger partial charge in [-0.15, -0.1) is 0 Å². The first-order valence-electron chi connectivity index (χ1n) is 5.32. The quantitative estimate of drug-likeness (QED) is 0.536. The fourth-order valence-electron chi connectivity index (χ4n) is 3.35. The molecule has 0 spiro atoms. The van der Waals surface area contributed by atoms with Gasteiger partial charge in [0.25, 0.3) is 0 Å². The Balaban J connectivity index is 2.24. The van der Waals surface area contributed by atoms with Gasteiger partial charge in [-0.2, -0.15) is 0 Å². The minimum Gasteiger partial charge on any atom is -0.293 e. The SMILES string of the molecule is CC1(C)CCC[C@]2(C)CCCN12. The first-order valence-corrected chi connectivity index (χ1v) is 5.32. The lowest BCUT2D eigenvalue weighted by atomic mass is 9.80. The first-order chi connectivity index (χ1) is 5.55. The molecule has 0 saturated carbocycles. The van der Waals surface area contributed by atoms with Crippen LogP contribution in [0.4, 0.5) is 0 Å². The minimum atomic E-state index is 0.476. The first kappa shape index (κ1) is 8.55. The van der Waals surface area contributed by atoms with Crippen molar-refractivity contribution in [3.8, 4) is 0 Å². The largest absolute Gasteiger partial charge is 0.293 e. The smallest absolute Gasteiger partial charge is 0.0187 e. The summed E-state index contributed by atoms with van der Waals surface area (Å²) in [6.07, 6.45) is 7.09. The van der Waals surface area contributed by atoms with Crippen LogP contribution in [0.15, 0.2) is 0 Å². The molecule has 0 radical (unpaired) electrons. The maximum absolute atomic E-state index is 2.75. The van der Waals surface area contributed by atoms with Crippen LogP contribution >= 0.6 is 0 Å². The number of nitrogens with zero attached hydrogens (tertiary/aromatic N) is 1. The third-order valence-electron chi connectivity index (χ3n) is 3.98. The Morgan fingerprint density at radius 1 is 0.917 bits per heavy atom. The van der Waals surface area contributed by atoms with Crippen LogP contribution in [0, 0.1) is 0 Å². The number of hydrogen-bond donors (Lipinski definition) is 0. The molecule has 1 heteroatoms. The predicted octanol–water partition coefficient (Wildman–Crippen LogP) is 2.80. The monoisotopic (exact) mass is 167 g/mol. The van der Waals surface area contributed by atoms with Crippen molar-refractivity contribution in [3.63, 3.8) is 0 Å². The molecule has 70 valence electrons. The van der Waals surface area contributed by atoms with Gasteiger partial charge in [-0.05, 0) is 59.4 Å². The highest BCUT2D eigenvalue weighted by molar-refractivity contribution is 5.02. The van der Waals surface area contributed by atoms with Crippen molar-refractivity contribution in [2.75, 3.05) is 6.54 Å². The van der Waals surface area contributed by atoms with Gasteiger partial charge in [0.05, 0.1) is 0 Å². The van der Waals surface area contributed by atoms with E-state index < -0.39 is 0 Å². The molecule has 2 heterocycles. The molecule has 1 nitrogen and oxygen atoms in total. The summed E-state index contributed by atoms with van der Waals surface area (Å²) in [5.74, 6) is 0. The van der Waals surface area contributed by atoms with E-state index in [1.807, 2.05) is 0 Å². The normalized spacial score (nSPS) is 41.2. The third-order valence-corrected chi connectivity index (χ3v) is 3.98. The van der Waals surface area contributed by atoms with Gasteiger partial charge in [0.1, 0.15) is 0 Å². The molecular formula is C11H21N. The standard InChI is InChI=1S/C11H21N/c1-10(2)6-4-7-11(3)8-5-9-12(10)11/h4-9H2,1-3H3/t11-/m1/s1. The van der Waals surface area contributed by atoms with Gasteiger partial charge in [-0.25, -0.2) is 0 Å².